The van der Waals surface area contributed by atoms with E-state index in [4.69, 9.17) is 9.84 Å². The number of carboxylic acids is 1. The molecule has 0 aromatic heterocycles. The zero-order valence-corrected chi connectivity index (χ0v) is 20.9. The number of carbonyl (C=O) groups excluding carboxylic acids is 4. The van der Waals surface area contributed by atoms with Gasteiger partial charge in [0.15, 0.2) is 23.2 Å². The van der Waals surface area contributed by atoms with E-state index in [9.17, 15) is 45.9 Å². The molecule has 2 atom stereocenters. The maximum Gasteiger partial charge on any atom is 0.313 e. The van der Waals surface area contributed by atoms with Gasteiger partial charge in [-0.25, -0.2) is 13.2 Å². The molecular weight excluding hydrogens is 565 g/mol. The van der Waals surface area contributed by atoms with Crippen LogP contribution in [0.1, 0.15) is 6.42 Å². The fourth-order valence-corrected chi connectivity index (χ4v) is 3.67. The first-order valence-corrected chi connectivity index (χ1v) is 11.8. The van der Waals surface area contributed by atoms with Crippen molar-refractivity contribution in [2.75, 3.05) is 38.2 Å². The summed E-state index contributed by atoms with van der Waals surface area (Å²) in [6.45, 7) is -2.25. The molecule has 1 heterocycles. The van der Waals surface area contributed by atoms with E-state index < -0.39 is 95.8 Å². The number of benzene rings is 2. The first kappa shape index (κ1) is 30.9. The molecule has 0 unspecified atom stereocenters. The monoisotopic (exact) mass is 587 g/mol. The second kappa shape index (κ2) is 13.6. The summed E-state index contributed by atoms with van der Waals surface area (Å²) in [5.74, 6) is -17.2. The molecule has 220 valence electrons. The molecule has 2 aromatic carbocycles. The van der Waals surface area contributed by atoms with Gasteiger partial charge in [0.05, 0.1) is 31.2 Å². The summed E-state index contributed by atoms with van der Waals surface area (Å²) in [7, 11) is 0. The maximum atomic E-state index is 13.8. The second-order valence-electron chi connectivity index (χ2n) is 8.67. The fraction of sp³-hybridized carbons (Fsp3) is 0.320. The van der Waals surface area contributed by atoms with Gasteiger partial charge in [-0.2, -0.15) is 8.78 Å². The number of nitrogens with zero attached hydrogens (tertiary/aromatic N) is 1. The van der Waals surface area contributed by atoms with Crippen molar-refractivity contribution >= 4 is 35.2 Å². The van der Waals surface area contributed by atoms with Crippen LogP contribution < -0.4 is 15.4 Å². The molecule has 16 heteroatoms. The van der Waals surface area contributed by atoms with Crippen molar-refractivity contribution in [3.05, 3.63) is 59.4 Å². The number of hydrogen-bond donors (Lipinski definition) is 3. The van der Waals surface area contributed by atoms with Crippen LogP contribution in [0.4, 0.5) is 27.6 Å². The lowest BCUT2D eigenvalue weighted by Crippen LogP contribution is -2.50. The van der Waals surface area contributed by atoms with E-state index in [1.54, 1.807) is 0 Å². The van der Waals surface area contributed by atoms with Gasteiger partial charge < -0.3 is 30.1 Å². The number of ketones is 1. The smallest absolute Gasteiger partial charge is 0.313 e. The van der Waals surface area contributed by atoms with Gasteiger partial charge in [0.1, 0.15) is 18.5 Å². The van der Waals surface area contributed by atoms with Crippen LogP contribution in [0.5, 0.6) is 5.75 Å². The number of hydrogen-bond acceptors (Lipinski definition) is 7. The standard InChI is InChI=1S/C25H22F5N3O8/c26-13-3-1-2-4-16(13)31-24(38)25(39)33-5-6-40-10-12(9-33)23(37)32-17(8-19(35)36)18(34)11-41-22-20(29)14(27)7-15(28)21(22)30/h1-4,7,12,17H,5-6,8-11H2,(H,31,38)(H,32,37)(H,35,36)/t12-,17-/m0/s1. The van der Waals surface area contributed by atoms with Gasteiger partial charge in [-0.3, -0.25) is 24.0 Å². The van der Waals surface area contributed by atoms with E-state index in [-0.39, 0.29) is 31.5 Å². The summed E-state index contributed by atoms with van der Waals surface area (Å²) < 4.78 is 78.1. The number of amides is 3. The van der Waals surface area contributed by atoms with Gasteiger partial charge in [-0.15, -0.1) is 0 Å². The van der Waals surface area contributed by atoms with E-state index in [2.05, 4.69) is 15.4 Å². The maximum absolute atomic E-state index is 13.8. The number of para-hydroxylation sites is 1. The summed E-state index contributed by atoms with van der Waals surface area (Å²) >= 11 is 0. The average Bonchev–Trinajstić information content (AvgIpc) is 3.18. The Labute approximate surface area is 228 Å². The number of anilines is 1. The quantitative estimate of drug-likeness (QED) is 0.226. The number of Topliss-reactive ketones (excluding diaryl/α,β-unsaturated/α-hetero) is 1. The molecule has 1 aliphatic heterocycles. The lowest BCUT2D eigenvalue weighted by molar-refractivity contribution is -0.144. The predicted octanol–water partition coefficient (Wildman–Crippen LogP) is 1.40. The van der Waals surface area contributed by atoms with E-state index in [1.807, 2.05) is 0 Å². The van der Waals surface area contributed by atoms with Gasteiger partial charge in [0.25, 0.3) is 0 Å². The Morgan fingerprint density at radius 2 is 1.68 bits per heavy atom. The zero-order chi connectivity index (χ0) is 30.3. The Hall–Kier alpha value is -4.60. The molecule has 0 spiro atoms. The molecule has 1 fully saturated rings. The minimum atomic E-state index is -1.94. The first-order chi connectivity index (χ1) is 19.4. The van der Waals surface area contributed by atoms with Crippen LogP contribution in [-0.4, -0.2) is 78.4 Å². The number of nitrogens with one attached hydrogen (secondary N) is 2. The van der Waals surface area contributed by atoms with Gasteiger partial charge >= 0.3 is 17.8 Å². The predicted molar refractivity (Wildman–Crippen MR) is 127 cm³/mol. The van der Waals surface area contributed by atoms with Crippen molar-refractivity contribution in [3.8, 4) is 5.75 Å². The Balaban J connectivity index is 1.67. The highest BCUT2D eigenvalue weighted by Crippen LogP contribution is 2.26. The molecule has 3 rings (SSSR count). The number of halogens is 5. The van der Waals surface area contributed by atoms with Crippen LogP contribution in [0.15, 0.2) is 30.3 Å². The highest BCUT2D eigenvalue weighted by atomic mass is 19.2. The lowest BCUT2D eigenvalue weighted by atomic mass is 10.1. The van der Waals surface area contributed by atoms with Crippen molar-refractivity contribution in [1.29, 1.82) is 0 Å². The Kier molecular flexibility index (Phi) is 10.3. The van der Waals surface area contributed by atoms with Crippen molar-refractivity contribution < 1.29 is 60.5 Å². The van der Waals surface area contributed by atoms with Crippen molar-refractivity contribution in [2.24, 2.45) is 5.92 Å². The minimum Gasteiger partial charge on any atom is -0.481 e. The third kappa shape index (κ3) is 7.97. The van der Waals surface area contributed by atoms with Gasteiger partial charge in [-0.05, 0) is 12.1 Å². The average molecular weight is 587 g/mol. The van der Waals surface area contributed by atoms with E-state index in [1.165, 1.54) is 18.2 Å². The highest BCUT2D eigenvalue weighted by Gasteiger charge is 2.33. The molecule has 1 saturated heterocycles. The van der Waals surface area contributed by atoms with Crippen LogP contribution in [0, 0.1) is 35.0 Å². The normalized spacial score (nSPS) is 15.8. The van der Waals surface area contributed by atoms with Crippen molar-refractivity contribution in [2.45, 2.75) is 12.5 Å². The molecule has 0 aliphatic carbocycles. The number of carbonyl (C=O) groups is 5. The topological polar surface area (TPSA) is 151 Å². The molecule has 0 bridgehead atoms. The van der Waals surface area contributed by atoms with E-state index >= 15 is 0 Å². The fourth-order valence-electron chi connectivity index (χ4n) is 3.67. The second-order valence-corrected chi connectivity index (χ2v) is 8.67. The van der Waals surface area contributed by atoms with Gasteiger partial charge in [0, 0.05) is 19.2 Å². The van der Waals surface area contributed by atoms with Crippen molar-refractivity contribution in [3.63, 3.8) is 0 Å². The van der Waals surface area contributed by atoms with Crippen LogP contribution in [0.25, 0.3) is 0 Å². The third-order valence-corrected chi connectivity index (χ3v) is 5.75. The summed E-state index contributed by atoms with van der Waals surface area (Å²) in [5, 5.41) is 13.4. The summed E-state index contributed by atoms with van der Waals surface area (Å²) in [4.78, 5) is 62.8. The molecule has 0 radical (unpaired) electrons. The minimum absolute atomic E-state index is 0.0841. The Morgan fingerprint density at radius 3 is 2.32 bits per heavy atom. The van der Waals surface area contributed by atoms with Crippen molar-refractivity contribution in [1.82, 2.24) is 10.2 Å². The SMILES string of the molecule is O=C(O)C[C@H](NC(=O)[C@@H]1COCCN(C(=O)C(=O)Nc2ccccc2F)C1)C(=O)COc1c(F)c(F)cc(F)c1F. The third-order valence-electron chi connectivity index (χ3n) is 5.75. The van der Waals surface area contributed by atoms with E-state index in [0.717, 1.165) is 11.0 Å². The number of aliphatic carboxylic acids is 1. The Bertz CT molecular complexity index is 1330. The van der Waals surface area contributed by atoms with Crippen LogP contribution in [0.3, 0.4) is 0 Å². The number of ether oxygens (including phenoxy) is 2. The molecule has 1 aliphatic rings. The number of rotatable bonds is 9. The van der Waals surface area contributed by atoms with Crippen LogP contribution in [-0.2, 0) is 28.7 Å². The molecule has 0 saturated carbocycles. The highest BCUT2D eigenvalue weighted by molar-refractivity contribution is 6.39. The first-order valence-electron chi connectivity index (χ1n) is 11.8. The summed E-state index contributed by atoms with van der Waals surface area (Å²) in [6, 6.07) is 3.16. The summed E-state index contributed by atoms with van der Waals surface area (Å²) in [6.07, 6.45) is -1.02. The molecule has 41 heavy (non-hydrogen) atoms. The number of carboxylic acid groups (broad SMARTS) is 1. The molecule has 3 amide bonds. The zero-order valence-electron chi connectivity index (χ0n) is 20.9. The van der Waals surface area contributed by atoms with Crippen LogP contribution >= 0.6 is 0 Å². The van der Waals surface area contributed by atoms with Gasteiger partial charge in [0.2, 0.25) is 17.5 Å². The lowest BCUT2D eigenvalue weighted by Gasteiger charge is -2.24. The van der Waals surface area contributed by atoms with Crippen LogP contribution in [0.2, 0.25) is 0 Å². The molecular formula is C25H22F5N3O8. The largest absolute Gasteiger partial charge is 0.481 e. The summed E-state index contributed by atoms with van der Waals surface area (Å²) in [5.41, 5.74) is -0.260. The molecule has 3 N–H and O–H groups in total. The van der Waals surface area contributed by atoms with Gasteiger partial charge in [-0.1, -0.05) is 12.1 Å². The molecule has 2 aromatic rings. The Morgan fingerprint density at radius 1 is 1.02 bits per heavy atom. The molecule has 11 nitrogen and oxygen atoms in total. The van der Waals surface area contributed by atoms with E-state index in [0.29, 0.717) is 0 Å².